The Bertz CT molecular complexity index is 408. The summed E-state index contributed by atoms with van der Waals surface area (Å²) in [5.41, 5.74) is 0.679. The number of carbonyl (C=O) groups excluding carboxylic acids is 1. The van der Waals surface area contributed by atoms with Crippen LogP contribution in [0.3, 0.4) is 0 Å². The fourth-order valence-electron chi connectivity index (χ4n) is 2.28. The highest BCUT2D eigenvalue weighted by molar-refractivity contribution is 5.79. The number of hydrogen-bond donors (Lipinski definition) is 1. The SMILES string of the molecule is O=C(Cc1cccc(F)c1)N1CCC[C@H]1CO. The maximum Gasteiger partial charge on any atom is 0.227 e. The number of benzene rings is 1. The molecule has 1 N–H and O–H groups in total. The van der Waals surface area contributed by atoms with Crippen molar-refractivity contribution in [2.45, 2.75) is 25.3 Å². The molecule has 0 spiro atoms. The Labute approximate surface area is 99.9 Å². The predicted octanol–water partition coefficient (Wildman–Crippen LogP) is 1.35. The summed E-state index contributed by atoms with van der Waals surface area (Å²) in [5.74, 6) is -0.359. The van der Waals surface area contributed by atoms with Gasteiger partial charge in [-0.15, -0.1) is 0 Å². The maximum absolute atomic E-state index is 13.0. The molecule has 1 aliphatic heterocycles. The standard InChI is InChI=1S/C13H16FNO2/c14-11-4-1-3-10(7-11)8-13(17)15-6-2-5-12(15)9-16/h1,3-4,7,12,16H,2,5-6,8-9H2/t12-/m0/s1. The second kappa shape index (κ2) is 5.27. The molecule has 92 valence electrons. The van der Waals surface area contributed by atoms with Gasteiger partial charge in [0, 0.05) is 6.54 Å². The number of nitrogens with zero attached hydrogens (tertiary/aromatic N) is 1. The lowest BCUT2D eigenvalue weighted by molar-refractivity contribution is -0.131. The van der Waals surface area contributed by atoms with Crippen molar-refractivity contribution in [3.05, 3.63) is 35.6 Å². The quantitative estimate of drug-likeness (QED) is 0.862. The fourth-order valence-corrected chi connectivity index (χ4v) is 2.28. The van der Waals surface area contributed by atoms with Crippen molar-refractivity contribution in [3.63, 3.8) is 0 Å². The molecule has 17 heavy (non-hydrogen) atoms. The van der Waals surface area contributed by atoms with Crippen LogP contribution in [0, 0.1) is 5.82 Å². The minimum absolute atomic E-state index is 0.00882. The van der Waals surface area contributed by atoms with Gasteiger partial charge >= 0.3 is 0 Å². The van der Waals surface area contributed by atoms with Crippen LogP contribution in [0.4, 0.5) is 4.39 Å². The zero-order valence-electron chi connectivity index (χ0n) is 9.60. The number of halogens is 1. The third-order valence-corrected chi connectivity index (χ3v) is 3.15. The molecule has 1 heterocycles. The van der Waals surface area contributed by atoms with Crippen LogP contribution in [0.1, 0.15) is 18.4 Å². The molecule has 0 saturated carbocycles. The Balaban J connectivity index is 2.01. The molecule has 2 rings (SSSR count). The molecule has 0 aromatic heterocycles. The van der Waals surface area contributed by atoms with E-state index in [9.17, 15) is 9.18 Å². The average molecular weight is 237 g/mol. The Morgan fingerprint density at radius 2 is 2.35 bits per heavy atom. The number of carbonyl (C=O) groups is 1. The summed E-state index contributed by atoms with van der Waals surface area (Å²) in [6, 6.07) is 6.02. The average Bonchev–Trinajstić information content (AvgIpc) is 2.77. The molecule has 1 saturated heterocycles. The monoisotopic (exact) mass is 237 g/mol. The lowest BCUT2D eigenvalue weighted by Crippen LogP contribution is -2.38. The molecule has 1 fully saturated rings. The highest BCUT2D eigenvalue weighted by Gasteiger charge is 2.27. The third kappa shape index (κ3) is 2.82. The van der Waals surface area contributed by atoms with Crippen molar-refractivity contribution in [1.82, 2.24) is 4.90 Å². The first-order valence-corrected chi connectivity index (χ1v) is 5.85. The molecule has 1 aliphatic rings. The van der Waals surface area contributed by atoms with E-state index in [1.807, 2.05) is 0 Å². The molecule has 0 unspecified atom stereocenters. The van der Waals surface area contributed by atoms with E-state index in [4.69, 9.17) is 5.11 Å². The van der Waals surface area contributed by atoms with Gasteiger partial charge in [0.05, 0.1) is 19.1 Å². The largest absolute Gasteiger partial charge is 0.394 e. The minimum atomic E-state index is -0.324. The van der Waals surface area contributed by atoms with E-state index in [1.54, 1.807) is 17.0 Å². The zero-order chi connectivity index (χ0) is 12.3. The van der Waals surface area contributed by atoms with E-state index in [0.717, 1.165) is 12.8 Å². The maximum atomic E-state index is 13.0. The number of aliphatic hydroxyl groups is 1. The molecule has 0 radical (unpaired) electrons. The molecular weight excluding hydrogens is 221 g/mol. The van der Waals surface area contributed by atoms with E-state index >= 15 is 0 Å². The van der Waals surface area contributed by atoms with E-state index in [1.165, 1.54) is 12.1 Å². The first-order valence-electron chi connectivity index (χ1n) is 5.85. The molecule has 4 heteroatoms. The highest BCUT2D eigenvalue weighted by Crippen LogP contribution is 2.18. The topological polar surface area (TPSA) is 40.5 Å². The summed E-state index contributed by atoms with van der Waals surface area (Å²) in [6.45, 7) is 0.703. The normalized spacial score (nSPS) is 19.6. The van der Waals surface area contributed by atoms with Crippen molar-refractivity contribution in [3.8, 4) is 0 Å². The van der Waals surface area contributed by atoms with Crippen LogP contribution in [0.25, 0.3) is 0 Å². The van der Waals surface area contributed by atoms with Gasteiger partial charge in [-0.3, -0.25) is 4.79 Å². The van der Waals surface area contributed by atoms with Gasteiger partial charge in [-0.25, -0.2) is 4.39 Å². The van der Waals surface area contributed by atoms with Crippen LogP contribution >= 0.6 is 0 Å². The van der Waals surface area contributed by atoms with Crippen LogP contribution in [-0.4, -0.2) is 35.1 Å². The third-order valence-electron chi connectivity index (χ3n) is 3.15. The Kier molecular flexibility index (Phi) is 3.74. The summed E-state index contributed by atoms with van der Waals surface area (Å²) >= 11 is 0. The first kappa shape index (κ1) is 12.0. The van der Waals surface area contributed by atoms with Gasteiger partial charge in [-0.05, 0) is 30.5 Å². The van der Waals surface area contributed by atoms with Crippen molar-refractivity contribution >= 4 is 5.91 Å². The number of likely N-dealkylation sites (tertiary alicyclic amines) is 1. The van der Waals surface area contributed by atoms with Gasteiger partial charge in [-0.1, -0.05) is 12.1 Å². The smallest absolute Gasteiger partial charge is 0.227 e. The zero-order valence-corrected chi connectivity index (χ0v) is 9.60. The summed E-state index contributed by atoms with van der Waals surface area (Å²) < 4.78 is 13.0. The summed E-state index contributed by atoms with van der Waals surface area (Å²) in [5, 5.41) is 9.14. The Hall–Kier alpha value is -1.42. The van der Waals surface area contributed by atoms with Crippen molar-refractivity contribution < 1.29 is 14.3 Å². The second-order valence-corrected chi connectivity index (χ2v) is 4.37. The summed E-state index contributed by atoms with van der Waals surface area (Å²) in [7, 11) is 0. The van der Waals surface area contributed by atoms with Crippen molar-refractivity contribution in [1.29, 1.82) is 0 Å². The molecule has 1 aromatic rings. The Morgan fingerprint density at radius 1 is 1.53 bits per heavy atom. The molecule has 1 atom stereocenters. The predicted molar refractivity (Wildman–Crippen MR) is 61.9 cm³/mol. The molecular formula is C13H16FNO2. The van der Waals surface area contributed by atoms with Crippen LogP contribution in [0.2, 0.25) is 0 Å². The van der Waals surface area contributed by atoms with Gasteiger partial charge in [0.2, 0.25) is 5.91 Å². The number of aliphatic hydroxyl groups excluding tert-OH is 1. The number of hydrogen-bond acceptors (Lipinski definition) is 2. The Morgan fingerprint density at radius 3 is 3.06 bits per heavy atom. The molecule has 0 bridgehead atoms. The van der Waals surface area contributed by atoms with Crippen molar-refractivity contribution in [2.24, 2.45) is 0 Å². The lowest BCUT2D eigenvalue weighted by atomic mass is 10.1. The summed E-state index contributed by atoms with van der Waals surface area (Å²) in [6.07, 6.45) is 1.99. The van der Waals surface area contributed by atoms with Gasteiger partial charge in [0.25, 0.3) is 0 Å². The van der Waals surface area contributed by atoms with E-state index < -0.39 is 0 Å². The van der Waals surface area contributed by atoms with E-state index in [2.05, 4.69) is 0 Å². The van der Waals surface area contributed by atoms with Crippen molar-refractivity contribution in [2.75, 3.05) is 13.2 Å². The van der Waals surface area contributed by atoms with Gasteiger partial charge in [0.15, 0.2) is 0 Å². The summed E-state index contributed by atoms with van der Waals surface area (Å²) in [4.78, 5) is 13.7. The van der Waals surface area contributed by atoms with Crippen LogP contribution in [0.5, 0.6) is 0 Å². The van der Waals surface area contributed by atoms with Crippen LogP contribution in [0.15, 0.2) is 24.3 Å². The second-order valence-electron chi connectivity index (χ2n) is 4.37. The van der Waals surface area contributed by atoms with Crippen LogP contribution in [-0.2, 0) is 11.2 Å². The lowest BCUT2D eigenvalue weighted by Gasteiger charge is -2.23. The molecule has 0 aliphatic carbocycles. The molecule has 1 amide bonds. The van der Waals surface area contributed by atoms with Gasteiger partial charge in [0.1, 0.15) is 5.82 Å². The number of amides is 1. The highest BCUT2D eigenvalue weighted by atomic mass is 19.1. The van der Waals surface area contributed by atoms with Gasteiger partial charge < -0.3 is 10.0 Å². The molecule has 3 nitrogen and oxygen atoms in total. The number of rotatable bonds is 3. The van der Waals surface area contributed by atoms with E-state index in [-0.39, 0.29) is 30.8 Å². The van der Waals surface area contributed by atoms with Gasteiger partial charge in [-0.2, -0.15) is 0 Å². The van der Waals surface area contributed by atoms with E-state index in [0.29, 0.717) is 12.1 Å². The fraction of sp³-hybridized carbons (Fsp3) is 0.462. The van der Waals surface area contributed by atoms with Crippen LogP contribution < -0.4 is 0 Å². The minimum Gasteiger partial charge on any atom is -0.394 e. The first-order chi connectivity index (χ1) is 8.20. The molecule has 1 aromatic carbocycles.